The minimum Gasteiger partial charge on any atom is -0.301 e. The molecular formula is C20H38F2N2. The molecule has 0 bridgehead atoms. The predicted molar refractivity (Wildman–Crippen MR) is 103 cm³/mol. The average Bonchev–Trinajstić information content (AvgIpc) is 2.64. The summed E-state index contributed by atoms with van der Waals surface area (Å²) in [6.07, 6.45) is 2.69. The number of rotatable bonds is 4. The van der Waals surface area contributed by atoms with Crippen LogP contribution >= 0.6 is 0 Å². The van der Waals surface area contributed by atoms with Gasteiger partial charge in [0, 0.05) is 32.2 Å². The third-order valence-corrected chi connectivity index (χ3v) is 3.53. The van der Waals surface area contributed by atoms with E-state index in [-0.39, 0.29) is 0 Å². The number of piperazine rings is 1. The van der Waals surface area contributed by atoms with Gasteiger partial charge in [-0.05, 0) is 31.6 Å². The van der Waals surface area contributed by atoms with E-state index in [9.17, 15) is 8.78 Å². The number of halogens is 2. The predicted octanol–water partition coefficient (Wildman–Crippen LogP) is 5.44. The highest BCUT2D eigenvalue weighted by atomic mass is 19.1. The molecule has 24 heavy (non-hydrogen) atoms. The molecule has 0 radical (unpaired) electrons. The molecule has 2 nitrogen and oxygen atoms in total. The van der Waals surface area contributed by atoms with Crippen LogP contribution in [0.25, 0.3) is 0 Å². The Morgan fingerprint density at radius 3 is 1.62 bits per heavy atom. The summed E-state index contributed by atoms with van der Waals surface area (Å²) in [6.45, 7) is 20.2. The van der Waals surface area contributed by atoms with E-state index in [1.165, 1.54) is 70.3 Å². The summed E-state index contributed by atoms with van der Waals surface area (Å²) in [5.41, 5.74) is 0. The monoisotopic (exact) mass is 344 g/mol. The molecule has 2 rings (SSSR count). The van der Waals surface area contributed by atoms with Gasteiger partial charge in [-0.3, -0.25) is 0 Å². The summed E-state index contributed by atoms with van der Waals surface area (Å²) in [5, 5.41) is 0. The van der Waals surface area contributed by atoms with Gasteiger partial charge in [0.05, 0.1) is 0 Å². The van der Waals surface area contributed by atoms with Crippen LogP contribution in [0.2, 0.25) is 0 Å². The van der Waals surface area contributed by atoms with Crippen molar-refractivity contribution in [3.8, 4) is 0 Å². The number of hydrogen-bond acceptors (Lipinski definition) is 2. The van der Waals surface area contributed by atoms with Crippen LogP contribution in [0.15, 0.2) is 24.3 Å². The van der Waals surface area contributed by atoms with Crippen LogP contribution in [0.3, 0.4) is 0 Å². The highest BCUT2D eigenvalue weighted by Gasteiger charge is 2.13. The fourth-order valence-electron chi connectivity index (χ4n) is 2.17. The largest absolute Gasteiger partial charge is 0.301 e. The SMILES string of the molecule is CC.CC.CCCCN1CCN(CC)CC1.Fc1cccc(F)c1. The van der Waals surface area contributed by atoms with Gasteiger partial charge in [-0.2, -0.15) is 0 Å². The zero-order valence-electron chi connectivity index (χ0n) is 16.6. The molecule has 1 fully saturated rings. The maximum atomic E-state index is 11.9. The Morgan fingerprint density at radius 1 is 0.833 bits per heavy atom. The highest BCUT2D eigenvalue weighted by Crippen LogP contribution is 2.02. The lowest BCUT2D eigenvalue weighted by atomic mass is 10.2. The molecule has 1 saturated heterocycles. The Morgan fingerprint density at radius 2 is 1.29 bits per heavy atom. The molecule has 0 aliphatic carbocycles. The van der Waals surface area contributed by atoms with E-state index in [1.807, 2.05) is 27.7 Å². The number of likely N-dealkylation sites (N-methyl/N-ethyl adjacent to an activating group) is 1. The second-order valence-electron chi connectivity index (χ2n) is 5.07. The smallest absolute Gasteiger partial charge is 0.126 e. The first-order valence-electron chi connectivity index (χ1n) is 9.51. The Labute approximate surface area is 148 Å². The van der Waals surface area contributed by atoms with E-state index in [2.05, 4.69) is 23.6 Å². The van der Waals surface area contributed by atoms with Crippen LogP contribution in [-0.2, 0) is 0 Å². The fourth-order valence-corrected chi connectivity index (χ4v) is 2.17. The van der Waals surface area contributed by atoms with Crippen molar-refractivity contribution in [3.63, 3.8) is 0 Å². The van der Waals surface area contributed by atoms with Crippen LogP contribution in [0, 0.1) is 11.6 Å². The summed E-state index contributed by atoms with van der Waals surface area (Å²) in [6, 6.07) is 4.55. The molecule has 0 saturated carbocycles. The summed E-state index contributed by atoms with van der Waals surface area (Å²) in [5.74, 6) is -1.07. The second-order valence-corrected chi connectivity index (χ2v) is 5.07. The Kier molecular flexibility index (Phi) is 19.3. The quantitative estimate of drug-likeness (QED) is 0.717. The van der Waals surface area contributed by atoms with Gasteiger partial charge in [-0.25, -0.2) is 8.78 Å². The normalized spacial score (nSPS) is 14.3. The summed E-state index contributed by atoms with van der Waals surface area (Å²) in [7, 11) is 0. The van der Waals surface area contributed by atoms with Gasteiger partial charge in [0.25, 0.3) is 0 Å². The van der Waals surface area contributed by atoms with Crippen LogP contribution in [0.4, 0.5) is 8.78 Å². The molecule has 0 atom stereocenters. The average molecular weight is 345 g/mol. The molecule has 4 heteroatoms. The van der Waals surface area contributed by atoms with Crippen molar-refractivity contribution in [3.05, 3.63) is 35.9 Å². The van der Waals surface area contributed by atoms with E-state index >= 15 is 0 Å². The lowest BCUT2D eigenvalue weighted by Crippen LogP contribution is -2.46. The molecule has 1 aromatic carbocycles. The van der Waals surface area contributed by atoms with Gasteiger partial charge < -0.3 is 9.80 Å². The third-order valence-electron chi connectivity index (χ3n) is 3.53. The highest BCUT2D eigenvalue weighted by molar-refractivity contribution is 5.04. The molecular weight excluding hydrogens is 306 g/mol. The first-order chi connectivity index (χ1) is 11.7. The Balaban J connectivity index is 0. The van der Waals surface area contributed by atoms with Gasteiger partial charge >= 0.3 is 0 Å². The van der Waals surface area contributed by atoms with Crippen LogP contribution < -0.4 is 0 Å². The van der Waals surface area contributed by atoms with Crippen LogP contribution in [0.5, 0.6) is 0 Å². The lowest BCUT2D eigenvalue weighted by Gasteiger charge is -2.33. The van der Waals surface area contributed by atoms with Crippen molar-refractivity contribution in [2.75, 3.05) is 39.3 Å². The van der Waals surface area contributed by atoms with Crippen molar-refractivity contribution in [1.29, 1.82) is 0 Å². The Hall–Kier alpha value is -1.00. The summed E-state index contributed by atoms with van der Waals surface area (Å²) < 4.78 is 23.9. The number of nitrogens with zero attached hydrogens (tertiary/aromatic N) is 2. The summed E-state index contributed by atoms with van der Waals surface area (Å²) in [4.78, 5) is 5.12. The molecule has 1 heterocycles. The van der Waals surface area contributed by atoms with Gasteiger partial charge in [0.2, 0.25) is 0 Å². The van der Waals surface area contributed by atoms with Gasteiger partial charge in [0.1, 0.15) is 11.6 Å². The van der Waals surface area contributed by atoms with Crippen LogP contribution in [-0.4, -0.2) is 49.1 Å². The minimum absolute atomic E-state index is 0.537. The van der Waals surface area contributed by atoms with Crippen molar-refractivity contribution in [2.24, 2.45) is 0 Å². The van der Waals surface area contributed by atoms with Gasteiger partial charge in [0.15, 0.2) is 0 Å². The molecule has 1 aliphatic rings. The zero-order chi connectivity index (χ0) is 18.8. The third kappa shape index (κ3) is 13.4. The molecule has 0 aromatic heterocycles. The van der Waals surface area contributed by atoms with Crippen molar-refractivity contribution < 1.29 is 8.78 Å². The van der Waals surface area contributed by atoms with Crippen molar-refractivity contribution >= 4 is 0 Å². The maximum Gasteiger partial charge on any atom is 0.126 e. The van der Waals surface area contributed by atoms with Crippen LogP contribution in [0.1, 0.15) is 54.4 Å². The van der Waals surface area contributed by atoms with Crippen molar-refractivity contribution in [1.82, 2.24) is 9.80 Å². The maximum absolute atomic E-state index is 11.9. The molecule has 1 aliphatic heterocycles. The lowest BCUT2D eigenvalue weighted by molar-refractivity contribution is 0.136. The number of unbranched alkanes of at least 4 members (excludes halogenated alkanes) is 1. The second kappa shape index (κ2) is 18.3. The Bertz CT molecular complexity index is 347. The van der Waals surface area contributed by atoms with E-state index in [4.69, 9.17) is 0 Å². The van der Waals surface area contributed by atoms with Crippen molar-refractivity contribution in [2.45, 2.75) is 54.4 Å². The first-order valence-corrected chi connectivity index (χ1v) is 9.51. The van der Waals surface area contributed by atoms with E-state index < -0.39 is 11.6 Å². The van der Waals surface area contributed by atoms with E-state index in [0.717, 1.165) is 6.07 Å². The summed E-state index contributed by atoms with van der Waals surface area (Å²) >= 11 is 0. The molecule has 0 amide bonds. The zero-order valence-corrected chi connectivity index (χ0v) is 16.6. The molecule has 0 unspecified atom stereocenters. The molecule has 0 N–H and O–H groups in total. The molecule has 1 aromatic rings. The van der Waals surface area contributed by atoms with E-state index in [0.29, 0.717) is 0 Å². The minimum atomic E-state index is -0.537. The topological polar surface area (TPSA) is 6.48 Å². The standard InChI is InChI=1S/C10H22N2.C6H4F2.2C2H6/c1-3-5-6-12-9-7-11(4-2)8-10-12;7-5-2-1-3-6(8)4-5;2*1-2/h3-10H2,1-2H3;1-4H;2*1-2H3. The molecule has 142 valence electrons. The number of hydrogen-bond donors (Lipinski definition) is 0. The van der Waals surface area contributed by atoms with E-state index in [1.54, 1.807) is 0 Å². The van der Waals surface area contributed by atoms with Gasteiger partial charge in [-0.15, -0.1) is 0 Å². The number of benzene rings is 1. The molecule has 0 spiro atoms. The van der Waals surface area contributed by atoms with Gasteiger partial charge in [-0.1, -0.05) is 54.0 Å². The first kappa shape index (κ1) is 25.2. The fraction of sp³-hybridized carbons (Fsp3) is 0.700.